The highest BCUT2D eigenvalue weighted by Gasteiger charge is 2.38. The van der Waals surface area contributed by atoms with Gasteiger partial charge in [0.1, 0.15) is 0 Å². The summed E-state index contributed by atoms with van der Waals surface area (Å²) in [6, 6.07) is 14.9. The average Bonchev–Trinajstić information content (AvgIpc) is 2.85. The van der Waals surface area contributed by atoms with E-state index in [2.05, 4.69) is 12.2 Å². The molecule has 0 spiro atoms. The van der Waals surface area contributed by atoms with Gasteiger partial charge in [-0.05, 0) is 29.7 Å². The summed E-state index contributed by atoms with van der Waals surface area (Å²) in [4.78, 5) is 22.9. The lowest BCUT2D eigenvalue weighted by Crippen LogP contribution is -2.38. The van der Waals surface area contributed by atoms with Gasteiger partial charge in [0.25, 0.3) is 0 Å². The Labute approximate surface area is 209 Å². The minimum Gasteiger partial charge on any atom is -0.481 e. The molecule has 2 aromatic rings. The standard InChI is InChI=1S/C26H33NO7S/c1-17-22(16-35-13-12-28)33-26(34-25(17)19-10-8-18(15-29)9-11-19)20-4-2-5-21(14-20)27-23(30)6-3-7-24(31)32/h2,4-5,8-11,14,17,22,25-26,28-29H,3,6-7,12-13,15-16H2,1H3,(H,27,30)(H,31,32)/t17-,22+,25+,26+/m1/s1. The summed E-state index contributed by atoms with van der Waals surface area (Å²) in [7, 11) is 0. The first-order chi connectivity index (χ1) is 16.9. The maximum atomic E-state index is 12.2. The van der Waals surface area contributed by atoms with Crippen molar-refractivity contribution < 1.29 is 34.4 Å². The number of carboxylic acid groups (broad SMARTS) is 1. The van der Waals surface area contributed by atoms with Crippen LogP contribution in [-0.2, 0) is 25.7 Å². The minimum atomic E-state index is -0.923. The van der Waals surface area contributed by atoms with E-state index in [0.29, 0.717) is 17.2 Å². The fraction of sp³-hybridized carbons (Fsp3) is 0.462. The van der Waals surface area contributed by atoms with E-state index in [9.17, 15) is 19.8 Å². The molecule has 0 radical (unpaired) electrons. The third-order valence-corrected chi connectivity index (χ3v) is 6.91. The molecule has 9 heteroatoms. The van der Waals surface area contributed by atoms with Crippen molar-refractivity contribution in [3.05, 3.63) is 65.2 Å². The highest BCUT2D eigenvalue weighted by atomic mass is 32.2. The first-order valence-electron chi connectivity index (χ1n) is 11.7. The molecule has 4 atom stereocenters. The highest BCUT2D eigenvalue weighted by molar-refractivity contribution is 7.99. The van der Waals surface area contributed by atoms with Gasteiger partial charge in [0.05, 0.1) is 25.4 Å². The molecule has 8 nitrogen and oxygen atoms in total. The normalized spacial score (nSPS) is 22.0. The van der Waals surface area contributed by atoms with Gasteiger partial charge in [0.15, 0.2) is 6.29 Å². The number of carbonyl (C=O) groups excluding carboxylic acids is 1. The minimum absolute atomic E-state index is 0.0255. The number of rotatable bonds is 12. The third kappa shape index (κ3) is 8.05. The summed E-state index contributed by atoms with van der Waals surface area (Å²) in [6.45, 7) is 2.16. The van der Waals surface area contributed by atoms with Crippen molar-refractivity contribution in [2.24, 2.45) is 5.92 Å². The van der Waals surface area contributed by atoms with E-state index in [-0.39, 0.29) is 56.5 Å². The van der Waals surface area contributed by atoms with Gasteiger partial charge in [-0.15, -0.1) is 0 Å². The number of aliphatic hydroxyl groups is 2. The van der Waals surface area contributed by atoms with E-state index in [4.69, 9.17) is 14.6 Å². The van der Waals surface area contributed by atoms with E-state index >= 15 is 0 Å². The zero-order valence-electron chi connectivity index (χ0n) is 19.8. The molecule has 4 N–H and O–H groups in total. The van der Waals surface area contributed by atoms with E-state index in [1.54, 1.807) is 23.9 Å². The lowest BCUT2D eigenvalue weighted by Gasteiger charge is -2.41. The average molecular weight is 504 g/mol. The Bertz CT molecular complexity index is 968. The second-order valence-corrected chi connectivity index (χ2v) is 9.69. The lowest BCUT2D eigenvalue weighted by molar-refractivity contribution is -0.268. The Balaban J connectivity index is 1.76. The number of carbonyl (C=O) groups is 2. The van der Waals surface area contributed by atoms with E-state index < -0.39 is 12.3 Å². The van der Waals surface area contributed by atoms with Crippen molar-refractivity contribution in [2.75, 3.05) is 23.4 Å². The SMILES string of the molecule is C[C@@H]1[C@H](CSCCO)O[C@H](c2cccc(NC(=O)CCCC(=O)O)c2)O[C@@H]1c1ccc(CO)cc1. The number of thioether (sulfide) groups is 1. The number of hydrogen-bond acceptors (Lipinski definition) is 7. The topological polar surface area (TPSA) is 125 Å². The van der Waals surface area contributed by atoms with Gasteiger partial charge < -0.3 is 30.1 Å². The molecule has 0 aliphatic carbocycles. The van der Waals surface area contributed by atoms with Gasteiger partial charge in [-0.2, -0.15) is 11.8 Å². The Morgan fingerprint density at radius 2 is 1.80 bits per heavy atom. The molecule has 1 amide bonds. The summed E-state index contributed by atoms with van der Waals surface area (Å²) in [5.74, 6) is 0.203. The molecule has 3 rings (SSSR count). The van der Waals surface area contributed by atoms with Crippen molar-refractivity contribution in [1.82, 2.24) is 0 Å². The molecule has 0 unspecified atom stereocenters. The number of nitrogens with one attached hydrogen (secondary N) is 1. The van der Waals surface area contributed by atoms with Crippen LogP contribution >= 0.6 is 11.8 Å². The number of anilines is 1. The van der Waals surface area contributed by atoms with Gasteiger partial charge in [-0.1, -0.05) is 43.3 Å². The van der Waals surface area contributed by atoms with Crippen molar-refractivity contribution >= 4 is 29.3 Å². The van der Waals surface area contributed by atoms with Crippen LogP contribution in [0.1, 0.15) is 55.3 Å². The van der Waals surface area contributed by atoms with Crippen LogP contribution < -0.4 is 5.32 Å². The summed E-state index contributed by atoms with van der Waals surface area (Å²) >= 11 is 1.62. The molecule has 1 saturated heterocycles. The Morgan fingerprint density at radius 3 is 2.49 bits per heavy atom. The molecule has 1 aliphatic heterocycles. The fourth-order valence-corrected chi connectivity index (χ4v) is 4.87. The maximum absolute atomic E-state index is 12.2. The van der Waals surface area contributed by atoms with E-state index in [1.165, 1.54) is 0 Å². The van der Waals surface area contributed by atoms with Crippen molar-refractivity contribution in [3.63, 3.8) is 0 Å². The molecule has 1 fully saturated rings. The Hall–Kier alpha value is -2.43. The molecule has 1 heterocycles. The quantitative estimate of drug-likeness (QED) is 0.322. The summed E-state index contributed by atoms with van der Waals surface area (Å²) in [5, 5.41) is 30.1. The van der Waals surface area contributed by atoms with Crippen LogP contribution in [0.15, 0.2) is 48.5 Å². The van der Waals surface area contributed by atoms with Crippen LogP contribution in [0.2, 0.25) is 0 Å². The highest BCUT2D eigenvalue weighted by Crippen LogP contribution is 2.42. The first-order valence-corrected chi connectivity index (χ1v) is 12.9. The van der Waals surface area contributed by atoms with Crippen LogP contribution in [0.4, 0.5) is 5.69 Å². The smallest absolute Gasteiger partial charge is 0.303 e. The van der Waals surface area contributed by atoms with Crippen LogP contribution in [0, 0.1) is 5.92 Å². The number of aliphatic carboxylic acids is 1. The number of aliphatic hydroxyl groups excluding tert-OH is 2. The molecule has 0 saturated carbocycles. The van der Waals surface area contributed by atoms with Gasteiger partial charge in [-0.3, -0.25) is 9.59 Å². The van der Waals surface area contributed by atoms with Crippen LogP contribution in [0.3, 0.4) is 0 Å². The summed E-state index contributed by atoms with van der Waals surface area (Å²) in [6.07, 6.45) is -0.668. The molecule has 1 aliphatic rings. The molecule has 190 valence electrons. The lowest BCUT2D eigenvalue weighted by atomic mass is 9.91. The second kappa shape index (κ2) is 13.6. The number of benzene rings is 2. The van der Waals surface area contributed by atoms with Crippen molar-refractivity contribution in [3.8, 4) is 0 Å². The Morgan fingerprint density at radius 1 is 1.03 bits per heavy atom. The first kappa shape index (κ1) is 27.2. The number of carboxylic acids is 1. The number of hydrogen-bond donors (Lipinski definition) is 4. The number of ether oxygens (including phenoxy) is 2. The van der Waals surface area contributed by atoms with Gasteiger partial charge in [0.2, 0.25) is 5.91 Å². The zero-order valence-corrected chi connectivity index (χ0v) is 20.6. The fourth-order valence-electron chi connectivity index (χ4n) is 3.96. The molecule has 35 heavy (non-hydrogen) atoms. The molecular formula is C26H33NO7S. The largest absolute Gasteiger partial charge is 0.481 e. The predicted molar refractivity (Wildman–Crippen MR) is 134 cm³/mol. The molecule has 0 aromatic heterocycles. The van der Waals surface area contributed by atoms with Crippen LogP contribution in [0.5, 0.6) is 0 Å². The summed E-state index contributed by atoms with van der Waals surface area (Å²) in [5.41, 5.74) is 3.16. The maximum Gasteiger partial charge on any atom is 0.303 e. The van der Waals surface area contributed by atoms with Crippen molar-refractivity contribution in [2.45, 2.75) is 51.3 Å². The molecular weight excluding hydrogens is 470 g/mol. The van der Waals surface area contributed by atoms with Gasteiger partial charge in [-0.25, -0.2) is 0 Å². The summed E-state index contributed by atoms with van der Waals surface area (Å²) < 4.78 is 12.7. The monoisotopic (exact) mass is 503 g/mol. The van der Waals surface area contributed by atoms with Gasteiger partial charge in [0, 0.05) is 41.5 Å². The van der Waals surface area contributed by atoms with Crippen LogP contribution in [-0.4, -0.2) is 51.4 Å². The molecule has 2 aromatic carbocycles. The number of amides is 1. The second-order valence-electron chi connectivity index (χ2n) is 8.54. The predicted octanol–water partition coefficient (Wildman–Crippen LogP) is 3.89. The van der Waals surface area contributed by atoms with E-state index in [1.807, 2.05) is 36.4 Å². The zero-order chi connectivity index (χ0) is 25.2. The van der Waals surface area contributed by atoms with Gasteiger partial charge >= 0.3 is 5.97 Å². The molecule has 0 bridgehead atoms. The van der Waals surface area contributed by atoms with Crippen molar-refractivity contribution in [1.29, 1.82) is 0 Å². The van der Waals surface area contributed by atoms with Crippen LogP contribution in [0.25, 0.3) is 0 Å². The van der Waals surface area contributed by atoms with E-state index in [0.717, 1.165) is 16.7 Å². The third-order valence-electron chi connectivity index (χ3n) is 5.88. The Kier molecular flexibility index (Phi) is 10.6.